The summed E-state index contributed by atoms with van der Waals surface area (Å²) in [5, 5.41) is 5.75. The predicted octanol–water partition coefficient (Wildman–Crippen LogP) is 4.50. The van der Waals surface area contributed by atoms with E-state index in [4.69, 9.17) is 11.6 Å². The fourth-order valence-corrected chi connectivity index (χ4v) is 6.46. The molecule has 1 saturated carbocycles. The van der Waals surface area contributed by atoms with Crippen LogP contribution in [-0.4, -0.2) is 44.5 Å². The summed E-state index contributed by atoms with van der Waals surface area (Å²) in [7, 11) is 0.186. The summed E-state index contributed by atoms with van der Waals surface area (Å²) in [6.45, 7) is 1.79. The monoisotopic (exact) mass is 445 g/mol. The van der Waals surface area contributed by atoms with E-state index in [0.29, 0.717) is 16.7 Å². The topological polar surface area (TPSA) is 62.3 Å². The summed E-state index contributed by atoms with van der Waals surface area (Å²) in [6.07, 6.45) is 4.28. The zero-order valence-electron chi connectivity index (χ0n) is 16.2. The number of anilines is 1. The van der Waals surface area contributed by atoms with Crippen LogP contribution in [-0.2, 0) is 15.6 Å². The van der Waals surface area contributed by atoms with E-state index in [9.17, 15) is 12.8 Å². The SMILES string of the molecule is Cc1csc(CS(=O)(=O)c2cc(Cl)c(N[C@H]3CCCC[C@@H]3N(C)C)cc2F)n1. The highest BCUT2D eigenvalue weighted by atomic mass is 35.5. The molecule has 2 aromatic rings. The van der Waals surface area contributed by atoms with E-state index < -0.39 is 15.7 Å². The first-order chi connectivity index (χ1) is 13.2. The van der Waals surface area contributed by atoms with Gasteiger partial charge in [0, 0.05) is 23.2 Å². The third kappa shape index (κ3) is 4.84. The van der Waals surface area contributed by atoms with Gasteiger partial charge in [-0.2, -0.15) is 0 Å². The fourth-order valence-electron chi connectivity index (χ4n) is 3.68. The van der Waals surface area contributed by atoms with Gasteiger partial charge in [0.15, 0.2) is 9.84 Å². The lowest BCUT2D eigenvalue weighted by atomic mass is 9.89. The Morgan fingerprint density at radius 3 is 2.68 bits per heavy atom. The van der Waals surface area contributed by atoms with Gasteiger partial charge >= 0.3 is 0 Å². The van der Waals surface area contributed by atoms with Crippen molar-refractivity contribution in [3.63, 3.8) is 0 Å². The zero-order chi connectivity index (χ0) is 20.5. The number of aryl methyl sites for hydroxylation is 1. The van der Waals surface area contributed by atoms with Gasteiger partial charge in [-0.1, -0.05) is 24.4 Å². The summed E-state index contributed by atoms with van der Waals surface area (Å²) < 4.78 is 40.1. The van der Waals surface area contributed by atoms with Crippen LogP contribution < -0.4 is 5.32 Å². The number of thiazole rings is 1. The lowest BCUT2D eigenvalue weighted by molar-refractivity contribution is 0.211. The number of halogens is 2. The highest BCUT2D eigenvalue weighted by Crippen LogP contribution is 2.33. The van der Waals surface area contributed by atoms with Gasteiger partial charge in [0.25, 0.3) is 0 Å². The van der Waals surface area contributed by atoms with Crippen molar-refractivity contribution in [2.45, 2.75) is 55.3 Å². The first kappa shape index (κ1) is 21.5. The highest BCUT2D eigenvalue weighted by molar-refractivity contribution is 7.90. The minimum atomic E-state index is -3.87. The van der Waals surface area contributed by atoms with Crippen molar-refractivity contribution in [1.82, 2.24) is 9.88 Å². The Hall–Kier alpha value is -1.22. The molecule has 0 bridgehead atoms. The van der Waals surface area contributed by atoms with E-state index in [1.165, 1.54) is 23.5 Å². The Morgan fingerprint density at radius 2 is 2.04 bits per heavy atom. The number of benzene rings is 1. The van der Waals surface area contributed by atoms with Crippen LogP contribution in [0, 0.1) is 12.7 Å². The number of nitrogens with one attached hydrogen (secondary N) is 1. The maximum absolute atomic E-state index is 14.7. The number of aromatic nitrogens is 1. The highest BCUT2D eigenvalue weighted by Gasteiger charge is 2.28. The molecule has 1 N–H and O–H groups in total. The Morgan fingerprint density at radius 1 is 1.32 bits per heavy atom. The van der Waals surface area contributed by atoms with Crippen LogP contribution >= 0.6 is 22.9 Å². The molecule has 1 aromatic carbocycles. The molecule has 9 heteroatoms. The van der Waals surface area contributed by atoms with Gasteiger partial charge < -0.3 is 10.2 Å². The minimum absolute atomic E-state index is 0.140. The lowest BCUT2D eigenvalue weighted by Crippen LogP contribution is -2.45. The third-order valence-corrected chi connectivity index (χ3v) is 8.17. The van der Waals surface area contributed by atoms with Crippen molar-refractivity contribution < 1.29 is 12.8 Å². The van der Waals surface area contributed by atoms with Gasteiger partial charge in [0.05, 0.1) is 10.7 Å². The maximum Gasteiger partial charge on any atom is 0.187 e. The summed E-state index contributed by atoms with van der Waals surface area (Å²) in [5.74, 6) is -1.13. The first-order valence-corrected chi connectivity index (χ1v) is 12.1. The summed E-state index contributed by atoms with van der Waals surface area (Å²) in [6, 6.07) is 2.87. The molecular weight excluding hydrogens is 421 g/mol. The van der Waals surface area contributed by atoms with Crippen molar-refractivity contribution in [1.29, 1.82) is 0 Å². The molecule has 1 aliphatic carbocycles. The molecule has 3 rings (SSSR count). The molecule has 2 atom stereocenters. The second-order valence-corrected chi connectivity index (χ2v) is 10.8. The van der Waals surface area contributed by atoms with E-state index >= 15 is 0 Å². The van der Waals surface area contributed by atoms with Crippen LogP contribution in [0.1, 0.15) is 36.4 Å². The molecule has 154 valence electrons. The number of rotatable bonds is 6. The second-order valence-electron chi connectivity index (χ2n) is 7.47. The van der Waals surface area contributed by atoms with Crippen molar-refractivity contribution in [3.8, 4) is 0 Å². The molecule has 28 heavy (non-hydrogen) atoms. The molecule has 0 unspecified atom stereocenters. The van der Waals surface area contributed by atoms with Gasteiger partial charge in [0.1, 0.15) is 21.5 Å². The van der Waals surface area contributed by atoms with Crippen LogP contribution in [0.4, 0.5) is 10.1 Å². The van der Waals surface area contributed by atoms with Crippen LogP contribution in [0.25, 0.3) is 0 Å². The number of hydrogen-bond donors (Lipinski definition) is 1. The molecule has 0 amide bonds. The lowest BCUT2D eigenvalue weighted by Gasteiger charge is -2.37. The second kappa shape index (κ2) is 8.65. The molecule has 0 saturated heterocycles. The van der Waals surface area contributed by atoms with Crippen LogP contribution in [0.15, 0.2) is 22.4 Å². The van der Waals surface area contributed by atoms with E-state index in [0.717, 1.165) is 31.4 Å². The summed E-state index contributed by atoms with van der Waals surface area (Å²) in [5.41, 5.74) is 1.18. The van der Waals surface area contributed by atoms with Crippen LogP contribution in [0.3, 0.4) is 0 Å². The summed E-state index contributed by atoms with van der Waals surface area (Å²) >= 11 is 7.59. The molecule has 1 aromatic heterocycles. The molecule has 1 heterocycles. The smallest absolute Gasteiger partial charge is 0.187 e. The van der Waals surface area contributed by atoms with Gasteiger partial charge in [-0.25, -0.2) is 17.8 Å². The predicted molar refractivity (Wildman–Crippen MR) is 113 cm³/mol. The van der Waals surface area contributed by atoms with Crippen molar-refractivity contribution in [2.75, 3.05) is 19.4 Å². The molecule has 1 aliphatic rings. The van der Waals surface area contributed by atoms with Crippen molar-refractivity contribution in [3.05, 3.63) is 39.1 Å². The van der Waals surface area contributed by atoms with Crippen LogP contribution in [0.5, 0.6) is 0 Å². The summed E-state index contributed by atoms with van der Waals surface area (Å²) in [4.78, 5) is 5.94. The largest absolute Gasteiger partial charge is 0.379 e. The average molecular weight is 446 g/mol. The van der Waals surface area contributed by atoms with Gasteiger partial charge in [0.2, 0.25) is 0 Å². The molecule has 5 nitrogen and oxygen atoms in total. The Kier molecular flexibility index (Phi) is 6.64. The first-order valence-electron chi connectivity index (χ1n) is 9.23. The van der Waals surface area contributed by atoms with Crippen molar-refractivity contribution in [2.24, 2.45) is 0 Å². The standard InChI is InChI=1S/C19H25ClFN3O2S2/c1-12-10-27-19(22-12)11-28(25,26)18-8-13(20)16(9-14(18)21)23-15-6-4-5-7-17(15)24(2)3/h8-10,15,17,23H,4-7,11H2,1-3H3/t15-,17-/m0/s1. The number of likely N-dealkylation sites (N-methyl/N-ethyl adjacent to an activating group) is 1. The number of hydrogen-bond acceptors (Lipinski definition) is 6. The quantitative estimate of drug-likeness (QED) is 0.709. The fraction of sp³-hybridized carbons (Fsp3) is 0.526. The van der Waals surface area contributed by atoms with E-state index in [-0.39, 0.29) is 21.7 Å². The normalized spacial score (nSPS) is 20.5. The number of nitrogens with zero attached hydrogens (tertiary/aromatic N) is 2. The van der Waals surface area contributed by atoms with Gasteiger partial charge in [-0.15, -0.1) is 11.3 Å². The molecule has 1 fully saturated rings. The Labute approximate surface area is 174 Å². The van der Waals surface area contributed by atoms with E-state index in [1.54, 1.807) is 12.3 Å². The maximum atomic E-state index is 14.7. The third-order valence-electron chi connectivity index (χ3n) is 5.07. The number of sulfone groups is 1. The Bertz CT molecular complexity index is 947. The minimum Gasteiger partial charge on any atom is -0.379 e. The average Bonchev–Trinajstić information content (AvgIpc) is 3.02. The molecular formula is C19H25ClFN3O2S2. The molecule has 0 radical (unpaired) electrons. The zero-order valence-corrected chi connectivity index (χ0v) is 18.6. The van der Waals surface area contributed by atoms with Gasteiger partial charge in [-0.3, -0.25) is 0 Å². The molecule has 0 aliphatic heterocycles. The van der Waals surface area contributed by atoms with Crippen LogP contribution in [0.2, 0.25) is 5.02 Å². The van der Waals surface area contributed by atoms with Gasteiger partial charge in [-0.05, 0) is 46.0 Å². The van der Waals surface area contributed by atoms with E-state index in [2.05, 4.69) is 15.2 Å². The van der Waals surface area contributed by atoms with E-state index in [1.807, 2.05) is 14.1 Å². The Balaban J connectivity index is 1.84. The van der Waals surface area contributed by atoms with Crippen molar-refractivity contribution >= 4 is 38.5 Å². The molecule has 0 spiro atoms.